The lowest BCUT2D eigenvalue weighted by Crippen LogP contribution is -2.18. The number of benzene rings is 2. The molecule has 2 aromatic carbocycles. The summed E-state index contributed by atoms with van der Waals surface area (Å²) in [7, 11) is 0. The number of nitrogens with zero attached hydrogens (tertiary/aromatic N) is 2. The number of hydrogen-bond donors (Lipinski definition) is 1. The first-order chi connectivity index (χ1) is 11.2. The van der Waals surface area contributed by atoms with Crippen LogP contribution in [0.5, 0.6) is 0 Å². The van der Waals surface area contributed by atoms with Gasteiger partial charge in [-0.05, 0) is 17.2 Å². The molecule has 0 saturated heterocycles. The lowest BCUT2D eigenvalue weighted by molar-refractivity contribution is -0.115. The Morgan fingerprint density at radius 3 is 2.57 bits per heavy atom. The maximum atomic E-state index is 13.6. The highest BCUT2D eigenvalue weighted by Gasteiger charge is 2.10. The Morgan fingerprint density at radius 2 is 1.78 bits per heavy atom. The minimum atomic E-state index is -0.375. The van der Waals surface area contributed by atoms with E-state index in [-0.39, 0.29) is 18.1 Å². The van der Waals surface area contributed by atoms with Crippen LogP contribution in [0, 0.1) is 5.82 Å². The Hall–Kier alpha value is -2.95. The van der Waals surface area contributed by atoms with Gasteiger partial charge in [-0.3, -0.25) is 4.79 Å². The molecule has 0 atom stereocenters. The fourth-order valence-electron chi connectivity index (χ4n) is 2.32. The van der Waals surface area contributed by atoms with Gasteiger partial charge in [-0.1, -0.05) is 48.5 Å². The SMILES string of the molecule is O=C(Cc1ccccc1F)Nc1ccnn1Cc1ccccc1. The van der Waals surface area contributed by atoms with Crippen molar-refractivity contribution >= 4 is 11.7 Å². The Balaban J connectivity index is 1.68. The number of aromatic nitrogens is 2. The average Bonchev–Trinajstić information content (AvgIpc) is 2.97. The Bertz CT molecular complexity index is 799. The molecule has 116 valence electrons. The summed E-state index contributed by atoms with van der Waals surface area (Å²) in [5, 5.41) is 7.00. The van der Waals surface area contributed by atoms with E-state index in [2.05, 4.69) is 10.4 Å². The number of anilines is 1. The van der Waals surface area contributed by atoms with Crippen LogP contribution in [0.1, 0.15) is 11.1 Å². The first-order valence-corrected chi connectivity index (χ1v) is 7.31. The van der Waals surface area contributed by atoms with E-state index >= 15 is 0 Å². The Kier molecular flexibility index (Phi) is 4.47. The Labute approximate surface area is 133 Å². The van der Waals surface area contributed by atoms with E-state index in [0.29, 0.717) is 17.9 Å². The van der Waals surface area contributed by atoms with Crippen molar-refractivity contribution in [2.75, 3.05) is 5.32 Å². The third-order valence-corrected chi connectivity index (χ3v) is 3.47. The minimum absolute atomic E-state index is 0.0107. The number of nitrogens with one attached hydrogen (secondary N) is 1. The molecule has 0 aliphatic heterocycles. The van der Waals surface area contributed by atoms with Crippen molar-refractivity contribution in [1.29, 1.82) is 0 Å². The van der Waals surface area contributed by atoms with E-state index in [1.165, 1.54) is 6.07 Å². The van der Waals surface area contributed by atoms with Gasteiger partial charge in [0, 0.05) is 6.07 Å². The topological polar surface area (TPSA) is 46.9 Å². The van der Waals surface area contributed by atoms with Gasteiger partial charge < -0.3 is 5.32 Å². The van der Waals surface area contributed by atoms with Crippen LogP contribution in [-0.4, -0.2) is 15.7 Å². The summed E-state index contributed by atoms with van der Waals surface area (Å²) >= 11 is 0. The van der Waals surface area contributed by atoms with Crippen molar-refractivity contribution in [3.05, 3.63) is 83.8 Å². The molecule has 1 aromatic heterocycles. The maximum Gasteiger partial charge on any atom is 0.230 e. The first-order valence-electron chi connectivity index (χ1n) is 7.31. The van der Waals surface area contributed by atoms with Gasteiger partial charge in [-0.15, -0.1) is 0 Å². The van der Waals surface area contributed by atoms with E-state index in [0.717, 1.165) is 5.56 Å². The molecule has 1 N–H and O–H groups in total. The van der Waals surface area contributed by atoms with Gasteiger partial charge in [0.05, 0.1) is 19.2 Å². The molecule has 0 fully saturated rings. The molecule has 0 saturated carbocycles. The summed E-state index contributed by atoms with van der Waals surface area (Å²) in [6.07, 6.45) is 1.62. The lowest BCUT2D eigenvalue weighted by Gasteiger charge is -2.09. The average molecular weight is 309 g/mol. The molecule has 0 aliphatic carbocycles. The van der Waals surface area contributed by atoms with Crippen LogP contribution in [-0.2, 0) is 17.8 Å². The van der Waals surface area contributed by atoms with Crippen molar-refractivity contribution in [3.8, 4) is 0 Å². The van der Waals surface area contributed by atoms with Crippen LogP contribution < -0.4 is 5.32 Å². The standard InChI is InChI=1S/C18H16FN3O/c19-16-9-5-4-8-15(16)12-18(23)21-17-10-11-20-22(17)13-14-6-2-1-3-7-14/h1-11H,12-13H2,(H,21,23). The van der Waals surface area contributed by atoms with Crippen LogP contribution in [0.3, 0.4) is 0 Å². The molecule has 4 nitrogen and oxygen atoms in total. The third kappa shape index (κ3) is 3.83. The number of halogens is 1. The number of amides is 1. The van der Waals surface area contributed by atoms with Gasteiger partial charge in [0.15, 0.2) is 0 Å². The summed E-state index contributed by atoms with van der Waals surface area (Å²) in [5.41, 5.74) is 1.46. The fourth-order valence-corrected chi connectivity index (χ4v) is 2.32. The van der Waals surface area contributed by atoms with E-state index < -0.39 is 0 Å². The molecular formula is C18H16FN3O. The number of hydrogen-bond acceptors (Lipinski definition) is 2. The zero-order valence-electron chi connectivity index (χ0n) is 12.4. The minimum Gasteiger partial charge on any atom is -0.311 e. The molecule has 0 radical (unpaired) electrons. The monoisotopic (exact) mass is 309 g/mol. The molecule has 1 amide bonds. The predicted octanol–water partition coefficient (Wildman–Crippen LogP) is 3.25. The third-order valence-electron chi connectivity index (χ3n) is 3.47. The van der Waals surface area contributed by atoms with Gasteiger partial charge >= 0.3 is 0 Å². The maximum absolute atomic E-state index is 13.6. The second-order valence-electron chi connectivity index (χ2n) is 5.18. The van der Waals surface area contributed by atoms with Gasteiger partial charge in [0.1, 0.15) is 11.6 Å². The molecule has 1 heterocycles. The molecule has 0 bridgehead atoms. The molecule has 0 aliphatic rings. The molecular weight excluding hydrogens is 293 g/mol. The van der Waals surface area contributed by atoms with Crippen LogP contribution in [0.15, 0.2) is 66.9 Å². The highest BCUT2D eigenvalue weighted by molar-refractivity contribution is 5.91. The van der Waals surface area contributed by atoms with Crippen molar-refractivity contribution in [3.63, 3.8) is 0 Å². The van der Waals surface area contributed by atoms with Gasteiger partial charge in [0.25, 0.3) is 0 Å². The summed E-state index contributed by atoms with van der Waals surface area (Å²) in [6.45, 7) is 0.559. The van der Waals surface area contributed by atoms with Crippen LogP contribution >= 0.6 is 0 Å². The van der Waals surface area contributed by atoms with E-state index in [1.54, 1.807) is 35.1 Å². The first kappa shape index (κ1) is 15.0. The zero-order chi connectivity index (χ0) is 16.1. The van der Waals surface area contributed by atoms with Crippen LogP contribution in [0.4, 0.5) is 10.2 Å². The largest absolute Gasteiger partial charge is 0.311 e. The quantitative estimate of drug-likeness (QED) is 0.786. The van der Waals surface area contributed by atoms with E-state index in [4.69, 9.17) is 0 Å². The number of rotatable bonds is 5. The number of carbonyl (C=O) groups excluding carboxylic acids is 1. The van der Waals surface area contributed by atoms with E-state index in [1.807, 2.05) is 30.3 Å². The van der Waals surface area contributed by atoms with Crippen molar-refractivity contribution in [2.45, 2.75) is 13.0 Å². The molecule has 3 aromatic rings. The molecule has 3 rings (SSSR count). The molecule has 0 spiro atoms. The van der Waals surface area contributed by atoms with Crippen molar-refractivity contribution in [1.82, 2.24) is 9.78 Å². The van der Waals surface area contributed by atoms with Crippen LogP contribution in [0.25, 0.3) is 0 Å². The highest BCUT2D eigenvalue weighted by Crippen LogP contribution is 2.12. The summed E-state index contributed by atoms with van der Waals surface area (Å²) < 4.78 is 15.3. The second-order valence-corrected chi connectivity index (χ2v) is 5.18. The fraction of sp³-hybridized carbons (Fsp3) is 0.111. The summed E-state index contributed by atoms with van der Waals surface area (Å²) in [5.74, 6) is -0.0550. The highest BCUT2D eigenvalue weighted by atomic mass is 19.1. The molecule has 0 unspecified atom stereocenters. The second kappa shape index (κ2) is 6.87. The van der Waals surface area contributed by atoms with Crippen molar-refractivity contribution < 1.29 is 9.18 Å². The summed E-state index contributed by atoms with van der Waals surface area (Å²) in [6, 6.07) is 17.8. The number of carbonyl (C=O) groups is 1. The smallest absolute Gasteiger partial charge is 0.230 e. The lowest BCUT2D eigenvalue weighted by atomic mass is 10.1. The predicted molar refractivity (Wildman–Crippen MR) is 86.5 cm³/mol. The normalized spacial score (nSPS) is 10.5. The van der Waals surface area contributed by atoms with Crippen LogP contribution in [0.2, 0.25) is 0 Å². The summed E-state index contributed by atoms with van der Waals surface area (Å²) in [4.78, 5) is 12.1. The zero-order valence-corrected chi connectivity index (χ0v) is 12.4. The van der Waals surface area contributed by atoms with E-state index in [9.17, 15) is 9.18 Å². The Morgan fingerprint density at radius 1 is 1.04 bits per heavy atom. The van der Waals surface area contributed by atoms with Gasteiger partial charge in [0.2, 0.25) is 5.91 Å². The van der Waals surface area contributed by atoms with Gasteiger partial charge in [-0.25, -0.2) is 9.07 Å². The van der Waals surface area contributed by atoms with Crippen molar-refractivity contribution in [2.24, 2.45) is 0 Å². The molecule has 5 heteroatoms. The van der Waals surface area contributed by atoms with Gasteiger partial charge in [-0.2, -0.15) is 5.10 Å². The molecule has 23 heavy (non-hydrogen) atoms.